The molecule has 0 spiro atoms. The highest BCUT2D eigenvalue weighted by Gasteiger charge is 2.15. The van der Waals surface area contributed by atoms with Crippen LogP contribution in [0.15, 0.2) is 48.5 Å². The standard InChI is InChI=1S/C17H19ClN2O2/c1-20(2)15-5-3-4-13(10-15)17(22)19-16(11-21)12-6-8-14(18)9-7-12/h3-10,16,21H,11H2,1-2H3,(H,19,22). The summed E-state index contributed by atoms with van der Waals surface area (Å²) < 4.78 is 0. The van der Waals surface area contributed by atoms with Crippen LogP contribution in [0.3, 0.4) is 0 Å². The molecule has 22 heavy (non-hydrogen) atoms. The summed E-state index contributed by atoms with van der Waals surface area (Å²) >= 11 is 5.85. The van der Waals surface area contributed by atoms with Crippen LogP contribution in [0.25, 0.3) is 0 Å². The molecule has 1 atom stereocenters. The SMILES string of the molecule is CN(C)c1cccc(C(=O)NC(CO)c2ccc(Cl)cc2)c1. The largest absolute Gasteiger partial charge is 0.394 e. The summed E-state index contributed by atoms with van der Waals surface area (Å²) in [6.07, 6.45) is 0. The minimum absolute atomic E-state index is 0.180. The lowest BCUT2D eigenvalue weighted by atomic mass is 10.1. The molecular weight excluding hydrogens is 300 g/mol. The van der Waals surface area contributed by atoms with Gasteiger partial charge in [0, 0.05) is 30.4 Å². The number of hydrogen-bond donors (Lipinski definition) is 2. The third-order valence-electron chi connectivity index (χ3n) is 3.39. The van der Waals surface area contributed by atoms with Gasteiger partial charge in [0.1, 0.15) is 0 Å². The number of aliphatic hydroxyl groups is 1. The van der Waals surface area contributed by atoms with Crippen molar-refractivity contribution in [1.29, 1.82) is 0 Å². The molecule has 1 amide bonds. The first-order valence-electron chi connectivity index (χ1n) is 6.96. The van der Waals surface area contributed by atoms with E-state index in [1.165, 1.54) is 0 Å². The molecule has 0 saturated carbocycles. The predicted molar refractivity (Wildman–Crippen MR) is 89.5 cm³/mol. The molecule has 2 aromatic carbocycles. The monoisotopic (exact) mass is 318 g/mol. The summed E-state index contributed by atoms with van der Waals surface area (Å²) in [6, 6.07) is 13.9. The number of carbonyl (C=O) groups excluding carboxylic acids is 1. The number of carbonyl (C=O) groups is 1. The lowest BCUT2D eigenvalue weighted by Crippen LogP contribution is -2.30. The van der Waals surface area contributed by atoms with Crippen molar-refractivity contribution in [3.8, 4) is 0 Å². The number of anilines is 1. The third-order valence-corrected chi connectivity index (χ3v) is 3.64. The van der Waals surface area contributed by atoms with Gasteiger partial charge >= 0.3 is 0 Å². The average molecular weight is 319 g/mol. The molecule has 4 nitrogen and oxygen atoms in total. The average Bonchev–Trinajstić information content (AvgIpc) is 2.53. The zero-order valence-corrected chi connectivity index (χ0v) is 13.3. The van der Waals surface area contributed by atoms with E-state index in [9.17, 15) is 9.90 Å². The van der Waals surface area contributed by atoms with Crippen LogP contribution in [0.1, 0.15) is 22.0 Å². The van der Waals surface area contributed by atoms with Crippen molar-refractivity contribution in [2.75, 3.05) is 25.6 Å². The Hall–Kier alpha value is -2.04. The van der Waals surface area contributed by atoms with Crippen LogP contribution in [-0.4, -0.2) is 31.7 Å². The molecule has 2 aromatic rings. The van der Waals surface area contributed by atoms with Crippen molar-refractivity contribution in [2.24, 2.45) is 0 Å². The van der Waals surface area contributed by atoms with Gasteiger partial charge in [-0.3, -0.25) is 4.79 Å². The van der Waals surface area contributed by atoms with Gasteiger partial charge in [0.05, 0.1) is 12.6 Å². The van der Waals surface area contributed by atoms with Crippen molar-refractivity contribution in [3.05, 3.63) is 64.7 Å². The van der Waals surface area contributed by atoms with E-state index in [-0.39, 0.29) is 12.5 Å². The molecule has 0 saturated heterocycles. The highest BCUT2D eigenvalue weighted by atomic mass is 35.5. The predicted octanol–water partition coefficient (Wildman–Crippen LogP) is 2.87. The number of amides is 1. The fraction of sp³-hybridized carbons (Fsp3) is 0.235. The maximum absolute atomic E-state index is 12.4. The normalized spacial score (nSPS) is 11.8. The van der Waals surface area contributed by atoms with Crippen molar-refractivity contribution in [1.82, 2.24) is 5.32 Å². The first-order valence-corrected chi connectivity index (χ1v) is 7.33. The number of halogens is 1. The van der Waals surface area contributed by atoms with Crippen LogP contribution in [0, 0.1) is 0 Å². The highest BCUT2D eigenvalue weighted by Crippen LogP contribution is 2.18. The van der Waals surface area contributed by atoms with Crippen LogP contribution in [0.5, 0.6) is 0 Å². The smallest absolute Gasteiger partial charge is 0.251 e. The number of aliphatic hydroxyl groups excluding tert-OH is 1. The van der Waals surface area contributed by atoms with Gasteiger partial charge in [0.25, 0.3) is 5.91 Å². The van der Waals surface area contributed by atoms with Gasteiger partial charge in [0.15, 0.2) is 0 Å². The summed E-state index contributed by atoms with van der Waals surface area (Å²) in [5.74, 6) is -0.224. The second-order valence-electron chi connectivity index (χ2n) is 5.20. The Morgan fingerprint density at radius 1 is 1.23 bits per heavy atom. The van der Waals surface area contributed by atoms with Crippen LogP contribution in [0.4, 0.5) is 5.69 Å². The van der Waals surface area contributed by atoms with E-state index in [1.807, 2.05) is 37.2 Å². The number of rotatable bonds is 5. The molecule has 116 valence electrons. The molecule has 0 aromatic heterocycles. The zero-order valence-electron chi connectivity index (χ0n) is 12.6. The van der Waals surface area contributed by atoms with E-state index in [0.29, 0.717) is 10.6 Å². The molecule has 5 heteroatoms. The van der Waals surface area contributed by atoms with Gasteiger partial charge < -0.3 is 15.3 Å². The van der Waals surface area contributed by atoms with Gasteiger partial charge in [-0.25, -0.2) is 0 Å². The molecular formula is C17H19ClN2O2. The maximum Gasteiger partial charge on any atom is 0.251 e. The van der Waals surface area contributed by atoms with Gasteiger partial charge in [-0.05, 0) is 35.9 Å². The van der Waals surface area contributed by atoms with Crippen molar-refractivity contribution >= 4 is 23.2 Å². The molecule has 0 radical (unpaired) electrons. The molecule has 1 unspecified atom stereocenters. The molecule has 0 heterocycles. The van der Waals surface area contributed by atoms with E-state index >= 15 is 0 Å². The fourth-order valence-electron chi connectivity index (χ4n) is 2.10. The van der Waals surface area contributed by atoms with Crippen LogP contribution in [-0.2, 0) is 0 Å². The lowest BCUT2D eigenvalue weighted by Gasteiger charge is -2.18. The minimum atomic E-state index is -0.465. The molecule has 2 rings (SSSR count). The number of nitrogens with zero attached hydrogens (tertiary/aromatic N) is 1. The Morgan fingerprint density at radius 2 is 1.91 bits per heavy atom. The van der Waals surface area contributed by atoms with Crippen molar-refractivity contribution < 1.29 is 9.90 Å². The summed E-state index contributed by atoms with van der Waals surface area (Å²) in [6.45, 7) is -0.180. The second-order valence-corrected chi connectivity index (χ2v) is 5.64. The molecule has 0 fully saturated rings. The van der Waals surface area contributed by atoms with Crippen LogP contribution in [0.2, 0.25) is 5.02 Å². The van der Waals surface area contributed by atoms with E-state index in [2.05, 4.69) is 5.32 Å². The summed E-state index contributed by atoms with van der Waals surface area (Å²) in [5.41, 5.74) is 2.31. The number of nitrogens with one attached hydrogen (secondary N) is 1. The summed E-state index contributed by atoms with van der Waals surface area (Å²) in [7, 11) is 3.84. The first-order chi connectivity index (χ1) is 10.5. The van der Waals surface area contributed by atoms with E-state index < -0.39 is 6.04 Å². The Kier molecular flexibility index (Phi) is 5.41. The third kappa shape index (κ3) is 4.00. The minimum Gasteiger partial charge on any atom is -0.394 e. The Bertz CT molecular complexity index is 641. The fourth-order valence-corrected chi connectivity index (χ4v) is 2.22. The van der Waals surface area contributed by atoms with E-state index in [1.54, 1.807) is 30.3 Å². The molecule has 0 aliphatic heterocycles. The van der Waals surface area contributed by atoms with Gasteiger partial charge in [-0.1, -0.05) is 29.8 Å². The maximum atomic E-state index is 12.4. The topological polar surface area (TPSA) is 52.6 Å². The van der Waals surface area contributed by atoms with Crippen molar-refractivity contribution in [3.63, 3.8) is 0 Å². The van der Waals surface area contributed by atoms with Crippen molar-refractivity contribution in [2.45, 2.75) is 6.04 Å². The number of benzene rings is 2. The Balaban J connectivity index is 2.15. The zero-order chi connectivity index (χ0) is 16.1. The van der Waals surface area contributed by atoms with Gasteiger partial charge in [-0.2, -0.15) is 0 Å². The van der Waals surface area contributed by atoms with Crippen LogP contribution < -0.4 is 10.2 Å². The van der Waals surface area contributed by atoms with Gasteiger partial charge in [0.2, 0.25) is 0 Å². The van der Waals surface area contributed by atoms with Gasteiger partial charge in [-0.15, -0.1) is 0 Å². The van der Waals surface area contributed by atoms with E-state index in [4.69, 9.17) is 11.6 Å². The lowest BCUT2D eigenvalue weighted by molar-refractivity contribution is 0.0916. The molecule has 0 aliphatic rings. The van der Waals surface area contributed by atoms with E-state index in [0.717, 1.165) is 11.3 Å². The quantitative estimate of drug-likeness (QED) is 0.891. The molecule has 0 bridgehead atoms. The van der Waals surface area contributed by atoms with Crippen LogP contribution >= 0.6 is 11.6 Å². The first kappa shape index (κ1) is 16.3. The Labute approximate surface area is 135 Å². The number of hydrogen-bond acceptors (Lipinski definition) is 3. The summed E-state index contributed by atoms with van der Waals surface area (Å²) in [4.78, 5) is 14.3. The molecule has 2 N–H and O–H groups in total. The highest BCUT2D eigenvalue weighted by molar-refractivity contribution is 6.30. The summed E-state index contributed by atoms with van der Waals surface area (Å²) in [5, 5.41) is 13.0. The second kappa shape index (κ2) is 7.29. The Morgan fingerprint density at radius 3 is 2.50 bits per heavy atom. The molecule has 0 aliphatic carbocycles.